The summed E-state index contributed by atoms with van der Waals surface area (Å²) in [4.78, 5) is 10.8. The maximum Gasteiger partial charge on any atom is 0.304 e. The Labute approximate surface area is 156 Å². The fraction of sp³-hybridized carbons (Fsp3) is 0.526. The van der Waals surface area contributed by atoms with Crippen molar-refractivity contribution in [1.29, 1.82) is 0 Å². The summed E-state index contributed by atoms with van der Waals surface area (Å²) in [5.41, 5.74) is 1.12. The van der Waals surface area contributed by atoms with Crippen LogP contribution in [0.15, 0.2) is 24.3 Å². The van der Waals surface area contributed by atoms with E-state index in [1.807, 2.05) is 6.07 Å². The number of nitrogens with one attached hydrogen (secondary N) is 2. The second-order valence-electron chi connectivity index (χ2n) is 6.12. The highest BCUT2D eigenvalue weighted by Crippen LogP contribution is 2.12. The average molecular weight is 381 g/mol. The molecule has 0 heterocycles. The molecule has 0 saturated carbocycles. The van der Waals surface area contributed by atoms with Crippen LogP contribution < -0.4 is 9.44 Å². The average Bonchev–Trinajstić information content (AvgIpc) is 2.56. The Morgan fingerprint density at radius 3 is 2.65 bits per heavy atom. The molecule has 1 rings (SSSR count). The summed E-state index contributed by atoms with van der Waals surface area (Å²) in [5.74, 6) is 5.10. The number of rotatable bonds is 11. The maximum absolute atomic E-state index is 12.2. The zero-order valence-corrected chi connectivity index (χ0v) is 16.2. The van der Waals surface area contributed by atoms with E-state index < -0.39 is 22.2 Å². The predicted molar refractivity (Wildman–Crippen MR) is 104 cm³/mol. The van der Waals surface area contributed by atoms with Crippen LogP contribution in [0.1, 0.15) is 64.4 Å². The lowest BCUT2D eigenvalue weighted by atomic mass is 10.1. The van der Waals surface area contributed by atoms with Gasteiger partial charge < -0.3 is 5.11 Å². The van der Waals surface area contributed by atoms with E-state index in [1.54, 1.807) is 25.1 Å². The molecule has 0 aliphatic rings. The Balaban J connectivity index is 2.66. The summed E-state index contributed by atoms with van der Waals surface area (Å²) >= 11 is 0. The number of unbranched alkanes of at least 4 members (excludes halogenated alkanes) is 4. The van der Waals surface area contributed by atoms with Crippen molar-refractivity contribution in [3.05, 3.63) is 29.8 Å². The molecule has 3 N–H and O–H groups in total. The fourth-order valence-corrected chi connectivity index (χ4v) is 3.53. The molecule has 0 amide bonds. The Kier molecular flexibility index (Phi) is 9.78. The van der Waals surface area contributed by atoms with Gasteiger partial charge in [-0.15, -0.1) is 0 Å². The first-order valence-corrected chi connectivity index (χ1v) is 10.5. The van der Waals surface area contributed by atoms with E-state index in [0.717, 1.165) is 18.4 Å². The molecule has 1 aromatic carbocycles. The smallest absolute Gasteiger partial charge is 0.304 e. The highest BCUT2D eigenvalue weighted by atomic mass is 32.2. The van der Waals surface area contributed by atoms with Crippen molar-refractivity contribution in [2.24, 2.45) is 0 Å². The van der Waals surface area contributed by atoms with Crippen LogP contribution in [0.4, 0.5) is 5.69 Å². The topological polar surface area (TPSA) is 95.5 Å². The van der Waals surface area contributed by atoms with Gasteiger partial charge >= 0.3 is 5.97 Å². The number of anilines is 1. The Bertz CT molecular complexity index is 735. The molecule has 7 heteroatoms. The molecule has 0 bridgehead atoms. The first kappa shape index (κ1) is 22.0. The summed E-state index contributed by atoms with van der Waals surface area (Å²) in [6.45, 7) is 3.89. The highest BCUT2D eigenvalue weighted by Gasteiger charge is 2.18. The van der Waals surface area contributed by atoms with Crippen LogP contribution >= 0.6 is 0 Å². The van der Waals surface area contributed by atoms with Gasteiger partial charge in [0, 0.05) is 18.0 Å². The summed E-state index contributed by atoms with van der Waals surface area (Å²) in [6.07, 6.45) is 5.59. The zero-order valence-electron chi connectivity index (χ0n) is 15.4. The predicted octanol–water partition coefficient (Wildman–Crippen LogP) is 3.51. The van der Waals surface area contributed by atoms with Crippen LogP contribution in [0.25, 0.3) is 0 Å². The summed E-state index contributed by atoms with van der Waals surface area (Å²) in [7, 11) is -3.86. The number of aliphatic carboxylic acids is 1. The van der Waals surface area contributed by atoms with Gasteiger partial charge in [0.15, 0.2) is 0 Å². The van der Waals surface area contributed by atoms with Crippen molar-refractivity contribution >= 4 is 21.9 Å². The molecule has 144 valence electrons. The van der Waals surface area contributed by atoms with Crippen molar-refractivity contribution in [3.8, 4) is 11.8 Å². The third kappa shape index (κ3) is 9.44. The normalized spacial score (nSPS) is 12.1. The molecule has 1 atom stereocenters. The second-order valence-corrected chi connectivity index (χ2v) is 7.57. The van der Waals surface area contributed by atoms with Gasteiger partial charge in [-0.25, -0.2) is 0 Å². The van der Waals surface area contributed by atoms with E-state index >= 15 is 0 Å². The Morgan fingerprint density at radius 2 is 2.00 bits per heavy atom. The molecule has 0 saturated heterocycles. The lowest BCUT2D eigenvalue weighted by Gasteiger charge is -2.16. The highest BCUT2D eigenvalue weighted by molar-refractivity contribution is 7.90. The van der Waals surface area contributed by atoms with Crippen molar-refractivity contribution in [2.75, 3.05) is 4.72 Å². The van der Waals surface area contributed by atoms with Crippen molar-refractivity contribution in [1.82, 2.24) is 4.72 Å². The van der Waals surface area contributed by atoms with Gasteiger partial charge in [0.05, 0.1) is 12.1 Å². The molecule has 0 fully saturated rings. The molecule has 0 aromatic heterocycles. The Hall–Kier alpha value is -2.04. The van der Waals surface area contributed by atoms with Crippen LogP contribution in [0.2, 0.25) is 0 Å². The zero-order chi connectivity index (χ0) is 19.4. The third-order valence-corrected chi connectivity index (χ3v) is 4.89. The molecule has 0 unspecified atom stereocenters. The number of carboxylic acid groups (broad SMARTS) is 1. The summed E-state index contributed by atoms with van der Waals surface area (Å²) in [6, 6.07) is 6.19. The maximum atomic E-state index is 12.2. The quantitative estimate of drug-likeness (QED) is 0.404. The monoisotopic (exact) mass is 380 g/mol. The van der Waals surface area contributed by atoms with Gasteiger partial charge in [0.25, 0.3) is 10.2 Å². The molecule has 0 radical (unpaired) electrons. The minimum absolute atomic E-state index is 0.263. The molecular weight excluding hydrogens is 352 g/mol. The van der Waals surface area contributed by atoms with Crippen molar-refractivity contribution < 1.29 is 18.3 Å². The number of hydrogen-bond acceptors (Lipinski definition) is 3. The standard InChI is InChI=1S/C19H28N2O4S/c1-3-5-6-7-8-9-11-16-12-10-13-18(14-16)21-26(24,25)20-17(4-2)15-19(22)23/h10,12-14,17,20-21H,3-8,15H2,1-2H3,(H,22,23)/t17-/m0/s1. The van der Waals surface area contributed by atoms with Crippen LogP contribution in [-0.4, -0.2) is 25.5 Å². The van der Waals surface area contributed by atoms with E-state index in [0.29, 0.717) is 12.1 Å². The lowest BCUT2D eigenvalue weighted by molar-refractivity contribution is -0.137. The van der Waals surface area contributed by atoms with Crippen LogP contribution in [0, 0.1) is 11.8 Å². The van der Waals surface area contributed by atoms with Gasteiger partial charge in [0.2, 0.25) is 0 Å². The molecule has 0 aliphatic heterocycles. The largest absolute Gasteiger partial charge is 0.481 e. The molecular formula is C19H28N2O4S. The fourth-order valence-electron chi connectivity index (χ4n) is 2.35. The van der Waals surface area contributed by atoms with Gasteiger partial charge in [-0.3, -0.25) is 9.52 Å². The van der Waals surface area contributed by atoms with Gasteiger partial charge in [-0.2, -0.15) is 13.1 Å². The SMILES string of the molecule is CCCCCCC#Cc1cccc(NS(=O)(=O)N[C@@H](CC)CC(=O)O)c1. The van der Waals surface area contributed by atoms with Crippen LogP contribution in [0.3, 0.4) is 0 Å². The molecule has 6 nitrogen and oxygen atoms in total. The van der Waals surface area contributed by atoms with Crippen LogP contribution in [0.5, 0.6) is 0 Å². The van der Waals surface area contributed by atoms with Gasteiger partial charge in [0.1, 0.15) is 0 Å². The third-order valence-electron chi connectivity index (χ3n) is 3.74. The number of benzene rings is 1. The lowest BCUT2D eigenvalue weighted by Crippen LogP contribution is -2.39. The molecule has 26 heavy (non-hydrogen) atoms. The van der Waals surface area contributed by atoms with Gasteiger partial charge in [-0.05, 0) is 31.0 Å². The van der Waals surface area contributed by atoms with E-state index in [1.165, 1.54) is 19.3 Å². The minimum atomic E-state index is -3.86. The number of hydrogen-bond donors (Lipinski definition) is 3. The van der Waals surface area contributed by atoms with E-state index in [9.17, 15) is 13.2 Å². The van der Waals surface area contributed by atoms with Crippen molar-refractivity contribution in [2.45, 2.75) is 64.8 Å². The number of carbonyl (C=O) groups is 1. The summed E-state index contributed by atoms with van der Waals surface area (Å²) in [5, 5.41) is 8.82. The van der Waals surface area contributed by atoms with Crippen LogP contribution in [-0.2, 0) is 15.0 Å². The molecule has 0 aliphatic carbocycles. The second kappa shape index (κ2) is 11.6. The molecule has 0 spiro atoms. The Morgan fingerprint density at radius 1 is 1.23 bits per heavy atom. The van der Waals surface area contributed by atoms with E-state index in [-0.39, 0.29) is 6.42 Å². The minimum Gasteiger partial charge on any atom is -0.481 e. The van der Waals surface area contributed by atoms with E-state index in [2.05, 4.69) is 28.2 Å². The first-order chi connectivity index (χ1) is 12.4. The first-order valence-electron chi connectivity index (χ1n) is 8.97. The molecule has 1 aromatic rings. The van der Waals surface area contributed by atoms with Crippen molar-refractivity contribution in [3.63, 3.8) is 0 Å². The van der Waals surface area contributed by atoms with E-state index in [4.69, 9.17) is 5.11 Å². The number of carboxylic acids is 1. The summed E-state index contributed by atoms with van der Waals surface area (Å²) < 4.78 is 29.1. The van der Waals surface area contributed by atoms with Gasteiger partial charge in [-0.1, -0.05) is 51.0 Å².